The normalized spacial score (nSPS) is 10.4. The first-order valence-corrected chi connectivity index (χ1v) is 8.09. The minimum absolute atomic E-state index is 0.0171. The second-order valence-electron chi connectivity index (χ2n) is 5.06. The van der Waals surface area contributed by atoms with Crippen molar-refractivity contribution in [3.8, 4) is 5.75 Å². The van der Waals surface area contributed by atoms with E-state index >= 15 is 0 Å². The smallest absolute Gasteiger partial charge is 0.182 e. The highest BCUT2D eigenvalue weighted by Crippen LogP contribution is 2.15. The monoisotopic (exact) mass is 324 g/mol. The molecule has 0 unspecified atom stereocenters. The molecule has 23 heavy (non-hydrogen) atoms. The molecule has 0 saturated carbocycles. The van der Waals surface area contributed by atoms with E-state index in [1.807, 2.05) is 30.3 Å². The SMILES string of the molecule is N=c1sccn1CC(=O)c1ccc(OCc2ccccc2)cc1. The van der Waals surface area contributed by atoms with Crippen molar-refractivity contribution in [2.75, 3.05) is 0 Å². The average molecular weight is 324 g/mol. The molecule has 0 saturated heterocycles. The number of benzene rings is 2. The molecule has 0 amide bonds. The number of aromatic nitrogens is 1. The van der Waals surface area contributed by atoms with E-state index in [0.29, 0.717) is 17.0 Å². The van der Waals surface area contributed by atoms with Crippen LogP contribution in [-0.4, -0.2) is 10.4 Å². The maximum Gasteiger partial charge on any atom is 0.182 e. The molecular weight excluding hydrogens is 308 g/mol. The Morgan fingerprint density at radius 3 is 2.48 bits per heavy atom. The van der Waals surface area contributed by atoms with Crippen LogP contribution in [0.1, 0.15) is 15.9 Å². The number of hydrogen-bond acceptors (Lipinski definition) is 4. The number of carbonyl (C=O) groups is 1. The molecule has 5 heteroatoms. The van der Waals surface area contributed by atoms with E-state index in [1.54, 1.807) is 40.4 Å². The van der Waals surface area contributed by atoms with E-state index in [4.69, 9.17) is 10.1 Å². The summed E-state index contributed by atoms with van der Waals surface area (Å²) in [5.74, 6) is 0.714. The molecule has 1 N–H and O–H groups in total. The average Bonchev–Trinajstić information content (AvgIpc) is 2.99. The Labute approximate surface area is 138 Å². The Hall–Kier alpha value is -2.66. The molecule has 2 aromatic carbocycles. The molecule has 3 rings (SSSR count). The topological polar surface area (TPSA) is 55.1 Å². The van der Waals surface area contributed by atoms with Crippen molar-refractivity contribution in [1.82, 2.24) is 4.57 Å². The zero-order chi connectivity index (χ0) is 16.1. The summed E-state index contributed by atoms with van der Waals surface area (Å²) >= 11 is 1.31. The van der Waals surface area contributed by atoms with Gasteiger partial charge in [0.1, 0.15) is 12.4 Å². The summed E-state index contributed by atoms with van der Waals surface area (Å²) in [5.41, 5.74) is 1.72. The van der Waals surface area contributed by atoms with Crippen LogP contribution >= 0.6 is 11.3 Å². The summed E-state index contributed by atoms with van der Waals surface area (Å²) in [6, 6.07) is 17.1. The van der Waals surface area contributed by atoms with Gasteiger partial charge in [0.2, 0.25) is 0 Å². The van der Waals surface area contributed by atoms with Gasteiger partial charge in [0.15, 0.2) is 10.6 Å². The summed E-state index contributed by atoms with van der Waals surface area (Å²) in [6.07, 6.45) is 1.75. The van der Waals surface area contributed by atoms with Crippen molar-refractivity contribution in [2.24, 2.45) is 0 Å². The van der Waals surface area contributed by atoms with Crippen molar-refractivity contribution >= 4 is 17.1 Å². The van der Waals surface area contributed by atoms with Gasteiger partial charge in [0.25, 0.3) is 0 Å². The third-order valence-corrected chi connectivity index (χ3v) is 4.14. The third-order valence-electron chi connectivity index (χ3n) is 3.42. The number of hydrogen-bond donors (Lipinski definition) is 1. The Morgan fingerprint density at radius 2 is 1.83 bits per heavy atom. The predicted molar refractivity (Wildman–Crippen MR) is 89.7 cm³/mol. The minimum atomic E-state index is -0.0171. The molecule has 1 aromatic heterocycles. The van der Waals surface area contributed by atoms with E-state index in [9.17, 15) is 4.79 Å². The van der Waals surface area contributed by atoms with Crippen molar-refractivity contribution in [1.29, 1.82) is 5.41 Å². The highest BCUT2D eigenvalue weighted by Gasteiger charge is 2.07. The van der Waals surface area contributed by atoms with Crippen LogP contribution in [0.25, 0.3) is 0 Å². The number of thiazole rings is 1. The van der Waals surface area contributed by atoms with Crippen molar-refractivity contribution in [2.45, 2.75) is 13.2 Å². The van der Waals surface area contributed by atoms with Gasteiger partial charge in [-0.05, 0) is 29.8 Å². The second kappa shape index (κ2) is 7.07. The van der Waals surface area contributed by atoms with Gasteiger partial charge < -0.3 is 9.30 Å². The molecule has 0 spiro atoms. The van der Waals surface area contributed by atoms with Crippen LogP contribution in [0.5, 0.6) is 5.75 Å². The van der Waals surface area contributed by atoms with Crippen molar-refractivity contribution in [3.63, 3.8) is 0 Å². The number of ketones is 1. The van der Waals surface area contributed by atoms with Gasteiger partial charge in [-0.3, -0.25) is 10.2 Å². The highest BCUT2D eigenvalue weighted by molar-refractivity contribution is 7.06. The number of nitrogens with zero attached hydrogens (tertiary/aromatic N) is 1. The molecular formula is C18H16N2O2S. The van der Waals surface area contributed by atoms with Gasteiger partial charge in [-0.25, -0.2) is 0 Å². The third kappa shape index (κ3) is 3.96. The number of ether oxygens (including phenoxy) is 1. The molecule has 0 aliphatic rings. The molecule has 1 heterocycles. The summed E-state index contributed by atoms with van der Waals surface area (Å²) in [7, 11) is 0. The molecule has 0 radical (unpaired) electrons. The van der Waals surface area contributed by atoms with Crippen LogP contribution in [-0.2, 0) is 13.2 Å². The van der Waals surface area contributed by atoms with Crippen LogP contribution < -0.4 is 9.54 Å². The Morgan fingerprint density at radius 1 is 1.09 bits per heavy atom. The molecule has 4 nitrogen and oxygen atoms in total. The molecule has 116 valence electrons. The van der Waals surface area contributed by atoms with E-state index < -0.39 is 0 Å². The Bertz CT molecular complexity index is 835. The first-order valence-electron chi connectivity index (χ1n) is 7.21. The van der Waals surface area contributed by atoms with Crippen LogP contribution in [0.3, 0.4) is 0 Å². The Balaban J connectivity index is 1.61. The number of Topliss-reactive ketones (excluding diaryl/α,β-unsaturated/α-hetero) is 1. The van der Waals surface area contributed by atoms with Gasteiger partial charge in [-0.1, -0.05) is 30.3 Å². The summed E-state index contributed by atoms with van der Waals surface area (Å²) in [5, 5.41) is 9.49. The van der Waals surface area contributed by atoms with Crippen LogP contribution in [0.2, 0.25) is 0 Å². The lowest BCUT2D eigenvalue weighted by molar-refractivity contribution is 0.0971. The van der Waals surface area contributed by atoms with Crippen LogP contribution in [0.15, 0.2) is 66.2 Å². The fourth-order valence-electron chi connectivity index (χ4n) is 2.15. The van der Waals surface area contributed by atoms with Gasteiger partial charge in [-0.15, -0.1) is 11.3 Å². The first kappa shape index (κ1) is 15.2. The maximum absolute atomic E-state index is 12.2. The van der Waals surface area contributed by atoms with Gasteiger partial charge in [0, 0.05) is 17.1 Å². The van der Waals surface area contributed by atoms with Crippen molar-refractivity contribution in [3.05, 3.63) is 82.1 Å². The second-order valence-corrected chi connectivity index (χ2v) is 5.95. The zero-order valence-corrected chi connectivity index (χ0v) is 13.3. The van der Waals surface area contributed by atoms with E-state index in [1.165, 1.54) is 11.3 Å². The van der Waals surface area contributed by atoms with Gasteiger partial charge >= 0.3 is 0 Å². The van der Waals surface area contributed by atoms with Crippen LogP contribution in [0.4, 0.5) is 0 Å². The van der Waals surface area contributed by atoms with E-state index in [0.717, 1.165) is 11.3 Å². The Kier molecular flexibility index (Phi) is 4.68. The lowest BCUT2D eigenvalue weighted by Crippen LogP contribution is -2.18. The highest BCUT2D eigenvalue weighted by atomic mass is 32.1. The van der Waals surface area contributed by atoms with Crippen molar-refractivity contribution < 1.29 is 9.53 Å². The van der Waals surface area contributed by atoms with Gasteiger partial charge in [-0.2, -0.15) is 0 Å². The molecule has 0 aliphatic heterocycles. The van der Waals surface area contributed by atoms with E-state index in [-0.39, 0.29) is 12.3 Å². The zero-order valence-electron chi connectivity index (χ0n) is 12.4. The fourth-order valence-corrected chi connectivity index (χ4v) is 2.75. The molecule has 0 aliphatic carbocycles. The predicted octanol–water partition coefficient (Wildman–Crippen LogP) is 3.49. The summed E-state index contributed by atoms with van der Waals surface area (Å²) < 4.78 is 7.34. The van der Waals surface area contributed by atoms with Crippen LogP contribution in [0, 0.1) is 5.41 Å². The summed E-state index contributed by atoms with van der Waals surface area (Å²) in [4.78, 5) is 12.6. The standard InChI is InChI=1S/C18H16N2O2S/c19-18-20(10-11-23-18)12-17(21)15-6-8-16(9-7-15)22-13-14-4-2-1-3-5-14/h1-11,19H,12-13H2. The van der Waals surface area contributed by atoms with E-state index in [2.05, 4.69) is 0 Å². The fraction of sp³-hybridized carbons (Fsp3) is 0.111. The number of nitrogens with one attached hydrogen (secondary N) is 1. The quantitative estimate of drug-likeness (QED) is 0.706. The molecule has 0 atom stereocenters. The molecule has 3 aromatic rings. The summed E-state index contributed by atoms with van der Waals surface area (Å²) in [6.45, 7) is 0.688. The number of carbonyl (C=O) groups excluding carboxylic acids is 1. The maximum atomic E-state index is 12.2. The largest absolute Gasteiger partial charge is 0.489 e. The number of rotatable bonds is 6. The van der Waals surface area contributed by atoms with Gasteiger partial charge in [0.05, 0.1) is 6.54 Å². The molecule has 0 bridgehead atoms. The lowest BCUT2D eigenvalue weighted by atomic mass is 10.1. The molecule has 0 fully saturated rings. The first-order chi connectivity index (χ1) is 11.2. The minimum Gasteiger partial charge on any atom is -0.489 e. The lowest BCUT2D eigenvalue weighted by Gasteiger charge is -2.07.